The molecule has 2 aromatic carbocycles. The number of nitrogens with zero attached hydrogens (tertiary/aromatic N) is 8. The molecule has 0 saturated carbocycles. The topological polar surface area (TPSA) is 135 Å². The molecule has 1 amide bonds. The van der Waals surface area contributed by atoms with Crippen molar-refractivity contribution in [3.05, 3.63) is 71.7 Å². The summed E-state index contributed by atoms with van der Waals surface area (Å²) in [6, 6.07) is 12.9. The van der Waals surface area contributed by atoms with Crippen LogP contribution in [0.2, 0.25) is 0 Å². The van der Waals surface area contributed by atoms with E-state index in [1.807, 2.05) is 11.6 Å². The predicted molar refractivity (Wildman–Crippen MR) is 185 cm³/mol. The molecule has 2 aliphatic heterocycles. The molecule has 4 aromatic rings. The second-order valence-electron chi connectivity index (χ2n) is 12.8. The average molecular weight is 657 g/mol. The molecule has 2 saturated heterocycles. The largest absolute Gasteiger partial charge is 0.472 e. The first kappa shape index (κ1) is 33.3. The minimum atomic E-state index is -0.741. The number of amides is 1. The van der Waals surface area contributed by atoms with Crippen molar-refractivity contribution in [3.63, 3.8) is 0 Å². The number of hydrogen-bond acceptors (Lipinski definition) is 8. The minimum Gasteiger partial charge on any atom is -0.472 e. The fourth-order valence-electron chi connectivity index (χ4n) is 7.56. The summed E-state index contributed by atoms with van der Waals surface area (Å²) >= 11 is 0. The Bertz CT molecular complexity index is 2120. The van der Waals surface area contributed by atoms with Crippen LogP contribution in [-0.4, -0.2) is 68.8 Å². The maximum Gasteiger partial charge on any atom is 0.225 e. The zero-order valence-electron chi connectivity index (χ0n) is 27.9. The average Bonchev–Trinajstić information content (AvgIpc) is 3.74. The number of allylic oxidation sites excluding steroid dienone is 2. The van der Waals surface area contributed by atoms with E-state index in [2.05, 4.69) is 36.7 Å². The molecule has 49 heavy (non-hydrogen) atoms. The van der Waals surface area contributed by atoms with Crippen LogP contribution < -0.4 is 4.74 Å². The summed E-state index contributed by atoms with van der Waals surface area (Å²) in [6.45, 7) is 8.59. The van der Waals surface area contributed by atoms with E-state index in [0.29, 0.717) is 41.2 Å². The Morgan fingerprint density at radius 3 is 2.69 bits per heavy atom. The molecule has 0 radical (unpaired) electrons. The van der Waals surface area contributed by atoms with Gasteiger partial charge in [0.1, 0.15) is 17.7 Å². The lowest BCUT2D eigenvalue weighted by Crippen LogP contribution is -2.45. The summed E-state index contributed by atoms with van der Waals surface area (Å²) in [7, 11) is 2.06. The van der Waals surface area contributed by atoms with Gasteiger partial charge in [-0.2, -0.15) is 20.9 Å². The van der Waals surface area contributed by atoms with E-state index in [9.17, 15) is 20.6 Å². The summed E-state index contributed by atoms with van der Waals surface area (Å²) in [4.78, 5) is 21.1. The van der Waals surface area contributed by atoms with Crippen molar-refractivity contribution in [3.8, 4) is 35.2 Å². The SMILES string of the molecule is C=C/C=C\c1cccc(-c2c(C#N)cc3c(nc(O[C@@H](C)[C@@H]4CCCN4C)c4cnn([C@H]5CCN(C(C)=O)[C@H](CC#N)C5)c43)c2F)c1C#N. The highest BCUT2D eigenvalue weighted by molar-refractivity contribution is 6.08. The lowest BCUT2D eigenvalue weighted by molar-refractivity contribution is -0.132. The molecule has 4 heterocycles. The van der Waals surface area contributed by atoms with E-state index in [-0.39, 0.29) is 70.2 Å². The van der Waals surface area contributed by atoms with Gasteiger partial charge < -0.3 is 9.64 Å². The Kier molecular flexibility index (Phi) is 9.44. The summed E-state index contributed by atoms with van der Waals surface area (Å²) in [5.41, 5.74) is 1.65. The number of nitriles is 3. The Morgan fingerprint density at radius 2 is 2.02 bits per heavy atom. The normalized spacial score (nSPS) is 20.3. The van der Waals surface area contributed by atoms with E-state index >= 15 is 4.39 Å². The highest BCUT2D eigenvalue weighted by Gasteiger charge is 2.34. The van der Waals surface area contributed by atoms with Crippen LogP contribution >= 0.6 is 0 Å². The molecule has 2 aromatic heterocycles. The van der Waals surface area contributed by atoms with Crippen molar-refractivity contribution in [2.45, 2.75) is 70.2 Å². The Labute approximate surface area is 284 Å². The zero-order chi connectivity index (χ0) is 34.8. The van der Waals surface area contributed by atoms with E-state index in [1.165, 1.54) is 6.92 Å². The summed E-state index contributed by atoms with van der Waals surface area (Å²) in [6.07, 6.45) is 9.63. The van der Waals surface area contributed by atoms with Crippen LogP contribution in [0.4, 0.5) is 4.39 Å². The van der Waals surface area contributed by atoms with E-state index < -0.39 is 5.82 Å². The third-order valence-corrected chi connectivity index (χ3v) is 9.93. The number of fused-ring (bicyclic) bond motifs is 3. The summed E-state index contributed by atoms with van der Waals surface area (Å²) in [5.74, 6) is -0.599. The van der Waals surface area contributed by atoms with Gasteiger partial charge in [-0.3, -0.25) is 14.4 Å². The van der Waals surface area contributed by atoms with Crippen molar-refractivity contribution in [2.75, 3.05) is 20.1 Å². The second-order valence-corrected chi connectivity index (χ2v) is 12.8. The standard InChI is InChI=1S/C38H37FN8O2/c1-5-6-9-25-10-7-11-29(31(25)21-42)34-26(20-41)18-30-36(35(34)39)44-38(49-23(2)33-12-8-16-45(33)4)32-22-43-47(37(30)32)28-14-17-46(24(3)48)27(19-28)13-15-40/h5-7,9-11,18,22-23,27-28,33H,1,8,12-14,16-17,19H2,2-4H3/b9-6-/t23-,27+,28-,33-/m0/s1. The molecule has 10 nitrogen and oxygen atoms in total. The number of pyridine rings is 1. The molecule has 0 unspecified atom stereocenters. The number of carbonyl (C=O) groups is 1. The molecule has 11 heteroatoms. The maximum atomic E-state index is 17.2. The number of piperidine rings is 1. The van der Waals surface area contributed by atoms with Gasteiger partial charge in [-0.05, 0) is 57.8 Å². The first-order valence-electron chi connectivity index (χ1n) is 16.5. The number of benzene rings is 2. The molecule has 2 aliphatic rings. The third kappa shape index (κ3) is 6.01. The van der Waals surface area contributed by atoms with Crippen LogP contribution in [0.15, 0.2) is 49.2 Å². The van der Waals surface area contributed by atoms with E-state index in [0.717, 1.165) is 19.4 Å². The quantitative estimate of drug-likeness (QED) is 0.192. The van der Waals surface area contributed by atoms with Crippen molar-refractivity contribution < 1.29 is 13.9 Å². The number of halogens is 1. The van der Waals surface area contributed by atoms with Crippen molar-refractivity contribution >= 4 is 33.8 Å². The number of likely N-dealkylation sites (N-methyl/N-ethyl adjacent to an activating group) is 1. The fourth-order valence-corrected chi connectivity index (χ4v) is 7.56. The van der Waals surface area contributed by atoms with Gasteiger partial charge in [-0.1, -0.05) is 43.0 Å². The van der Waals surface area contributed by atoms with Gasteiger partial charge in [0.15, 0.2) is 5.82 Å². The van der Waals surface area contributed by atoms with E-state index in [1.54, 1.807) is 53.6 Å². The Morgan fingerprint density at radius 1 is 1.20 bits per heavy atom. The second kappa shape index (κ2) is 13.9. The highest BCUT2D eigenvalue weighted by atomic mass is 19.1. The highest BCUT2D eigenvalue weighted by Crippen LogP contribution is 2.42. The van der Waals surface area contributed by atoms with Crippen LogP contribution in [0.3, 0.4) is 0 Å². The van der Waals surface area contributed by atoms with Crippen LogP contribution in [0.25, 0.3) is 39.0 Å². The lowest BCUT2D eigenvalue weighted by Gasteiger charge is -2.38. The Hall–Kier alpha value is -5.57. The third-order valence-electron chi connectivity index (χ3n) is 9.93. The van der Waals surface area contributed by atoms with E-state index in [4.69, 9.17) is 14.8 Å². The van der Waals surface area contributed by atoms with Gasteiger partial charge in [-0.15, -0.1) is 0 Å². The lowest BCUT2D eigenvalue weighted by atomic mass is 9.91. The molecule has 4 atom stereocenters. The van der Waals surface area contributed by atoms with Gasteiger partial charge in [0.2, 0.25) is 11.8 Å². The van der Waals surface area contributed by atoms with Gasteiger partial charge in [0.25, 0.3) is 0 Å². The monoisotopic (exact) mass is 656 g/mol. The molecule has 2 fully saturated rings. The van der Waals surface area contributed by atoms with Crippen molar-refractivity contribution in [2.24, 2.45) is 0 Å². The molecular formula is C38H37FN8O2. The van der Waals surface area contributed by atoms with Crippen LogP contribution in [0.1, 0.15) is 68.7 Å². The molecule has 6 rings (SSSR count). The van der Waals surface area contributed by atoms with Crippen LogP contribution in [-0.2, 0) is 4.79 Å². The van der Waals surface area contributed by atoms with Crippen molar-refractivity contribution in [1.82, 2.24) is 24.6 Å². The molecular weight excluding hydrogens is 619 g/mol. The number of likely N-dealkylation sites (tertiary alicyclic amines) is 2. The van der Waals surface area contributed by atoms with Crippen LogP contribution in [0.5, 0.6) is 5.88 Å². The van der Waals surface area contributed by atoms with Gasteiger partial charge >= 0.3 is 0 Å². The molecule has 248 valence electrons. The number of carbonyl (C=O) groups excluding carboxylic acids is 1. The number of rotatable bonds is 8. The van der Waals surface area contributed by atoms with Gasteiger partial charge in [-0.25, -0.2) is 9.37 Å². The fraction of sp³-hybridized carbons (Fsp3) is 0.368. The first-order chi connectivity index (χ1) is 23.7. The number of ether oxygens (including phenoxy) is 1. The minimum absolute atomic E-state index is 0.00380. The Balaban J connectivity index is 1.59. The first-order valence-corrected chi connectivity index (χ1v) is 16.5. The number of hydrogen-bond donors (Lipinski definition) is 0. The summed E-state index contributed by atoms with van der Waals surface area (Å²) < 4.78 is 25.5. The van der Waals surface area contributed by atoms with Gasteiger partial charge in [0.05, 0.1) is 52.8 Å². The van der Waals surface area contributed by atoms with Gasteiger partial charge in [0, 0.05) is 42.1 Å². The predicted octanol–water partition coefficient (Wildman–Crippen LogP) is 6.66. The zero-order valence-corrected chi connectivity index (χ0v) is 27.9. The molecule has 0 aliphatic carbocycles. The molecule has 0 spiro atoms. The smallest absolute Gasteiger partial charge is 0.225 e. The summed E-state index contributed by atoms with van der Waals surface area (Å²) in [5, 5.41) is 35.9. The van der Waals surface area contributed by atoms with Crippen LogP contribution in [0, 0.1) is 39.8 Å². The molecule has 0 N–H and O–H groups in total. The van der Waals surface area contributed by atoms with Crippen molar-refractivity contribution in [1.29, 1.82) is 15.8 Å². The number of aromatic nitrogens is 3. The maximum absolute atomic E-state index is 17.2. The molecule has 0 bridgehead atoms.